The Bertz CT molecular complexity index is 1050. The van der Waals surface area contributed by atoms with Crippen LogP contribution in [0.1, 0.15) is 42.1 Å². The number of benzene rings is 2. The fourth-order valence-electron chi connectivity index (χ4n) is 3.50. The summed E-state index contributed by atoms with van der Waals surface area (Å²) in [7, 11) is -3.98. The molecule has 1 saturated heterocycles. The van der Waals surface area contributed by atoms with Gasteiger partial charge in [0.2, 0.25) is 0 Å². The molecule has 0 unspecified atom stereocenters. The molecule has 0 aliphatic carbocycles. The third-order valence-corrected chi connectivity index (χ3v) is 6.53. The molecule has 0 radical (unpaired) electrons. The van der Waals surface area contributed by atoms with E-state index in [9.17, 15) is 18.0 Å². The molecule has 1 aliphatic rings. The lowest BCUT2D eigenvalue weighted by Crippen LogP contribution is -2.50. The molecule has 2 aromatic carbocycles. The number of sulfonamides is 1. The zero-order valence-electron chi connectivity index (χ0n) is 18.7. The van der Waals surface area contributed by atoms with Gasteiger partial charge in [0.25, 0.3) is 15.9 Å². The topological polar surface area (TPSA) is 117 Å². The Morgan fingerprint density at radius 1 is 1.03 bits per heavy atom. The van der Waals surface area contributed by atoms with E-state index in [1.165, 1.54) is 12.1 Å². The van der Waals surface area contributed by atoms with E-state index < -0.39 is 16.1 Å². The molecule has 0 saturated carbocycles. The lowest BCUT2D eigenvalue weighted by molar-refractivity contribution is 0.0953. The quantitative estimate of drug-likeness (QED) is 0.514. The molecule has 9 nitrogen and oxygen atoms in total. The molecule has 0 aromatic heterocycles. The van der Waals surface area contributed by atoms with Crippen molar-refractivity contribution in [3.05, 3.63) is 59.7 Å². The van der Waals surface area contributed by atoms with Crippen LogP contribution in [0.2, 0.25) is 0 Å². The molecular formula is C23H30N4O5S. The number of hydrogen-bond donors (Lipinski definition) is 3. The first kappa shape index (κ1) is 24.5. The third kappa shape index (κ3) is 7.47. The van der Waals surface area contributed by atoms with Crippen molar-refractivity contribution >= 4 is 22.0 Å². The zero-order valence-corrected chi connectivity index (χ0v) is 19.5. The van der Waals surface area contributed by atoms with Crippen LogP contribution in [0.5, 0.6) is 5.75 Å². The predicted octanol–water partition coefficient (Wildman–Crippen LogP) is 2.45. The lowest BCUT2D eigenvalue weighted by Gasteiger charge is -2.26. The number of piperidine rings is 1. The van der Waals surface area contributed by atoms with Gasteiger partial charge in [-0.05, 0) is 62.1 Å². The number of hydrogen-bond acceptors (Lipinski definition) is 6. The summed E-state index contributed by atoms with van der Waals surface area (Å²) in [5.41, 5.74) is 3.94. The van der Waals surface area contributed by atoms with Crippen molar-refractivity contribution in [3.63, 3.8) is 0 Å². The number of amides is 3. The first-order chi connectivity index (χ1) is 15.9. The Balaban J connectivity index is 1.48. The first-order valence-corrected chi connectivity index (χ1v) is 12.5. The maximum Gasteiger partial charge on any atom is 0.343 e. The summed E-state index contributed by atoms with van der Waals surface area (Å²) in [6.07, 6.45) is 3.57. The first-order valence-electron chi connectivity index (χ1n) is 11.1. The van der Waals surface area contributed by atoms with Gasteiger partial charge in [0, 0.05) is 25.2 Å². The summed E-state index contributed by atoms with van der Waals surface area (Å²) in [4.78, 5) is 24.4. The number of carbonyl (C=O) groups excluding carboxylic acids is 2. The summed E-state index contributed by atoms with van der Waals surface area (Å²) >= 11 is 0. The fraction of sp³-hybridized carbons (Fsp3) is 0.391. The Hall–Kier alpha value is -3.11. The van der Waals surface area contributed by atoms with Gasteiger partial charge in [-0.25, -0.2) is 22.9 Å². The number of hydrazine groups is 1. The van der Waals surface area contributed by atoms with Crippen LogP contribution in [0.3, 0.4) is 0 Å². The minimum atomic E-state index is -3.98. The molecule has 10 heteroatoms. The number of nitrogens with one attached hydrogen (secondary N) is 3. The van der Waals surface area contributed by atoms with Crippen LogP contribution in [-0.4, -0.2) is 51.6 Å². The average Bonchev–Trinajstić information content (AvgIpc) is 2.80. The van der Waals surface area contributed by atoms with Crippen molar-refractivity contribution in [1.29, 1.82) is 0 Å². The second-order valence-corrected chi connectivity index (χ2v) is 9.39. The van der Waals surface area contributed by atoms with Gasteiger partial charge in [-0.2, -0.15) is 0 Å². The van der Waals surface area contributed by atoms with E-state index in [0.717, 1.165) is 24.8 Å². The summed E-state index contributed by atoms with van der Waals surface area (Å²) in [6.45, 7) is 4.20. The van der Waals surface area contributed by atoms with Crippen molar-refractivity contribution < 1.29 is 22.7 Å². The van der Waals surface area contributed by atoms with Gasteiger partial charge in [0.15, 0.2) is 0 Å². The molecule has 2 aromatic rings. The highest BCUT2D eigenvalue weighted by molar-refractivity contribution is 7.90. The van der Waals surface area contributed by atoms with E-state index in [2.05, 4.69) is 10.7 Å². The van der Waals surface area contributed by atoms with Gasteiger partial charge in [0.05, 0.1) is 11.5 Å². The molecule has 3 N–H and O–H groups in total. The maximum atomic E-state index is 12.5. The molecule has 33 heavy (non-hydrogen) atoms. The molecular weight excluding hydrogens is 444 g/mol. The van der Waals surface area contributed by atoms with Gasteiger partial charge >= 0.3 is 6.03 Å². The third-order valence-electron chi connectivity index (χ3n) is 5.18. The number of ether oxygens (including phenoxy) is 1. The van der Waals surface area contributed by atoms with Gasteiger partial charge in [-0.1, -0.05) is 24.6 Å². The molecule has 178 valence electrons. The standard InChI is InChI=1S/C23H30N4O5S/c1-2-32-20-8-6-7-19(17-20)22(28)24-14-13-18-9-11-21(12-10-18)33(30,31)26-23(29)25-27-15-4-3-5-16-27/h6-12,17H,2-5,13-16H2,1H3,(H,24,28)(H2,25,26,29). The van der Waals surface area contributed by atoms with Crippen LogP contribution in [0.15, 0.2) is 53.4 Å². The van der Waals surface area contributed by atoms with Crippen molar-refractivity contribution in [3.8, 4) is 5.75 Å². The van der Waals surface area contributed by atoms with Gasteiger partial charge in [-0.3, -0.25) is 10.2 Å². The number of nitrogens with zero attached hydrogens (tertiary/aromatic N) is 1. The largest absolute Gasteiger partial charge is 0.494 e. The smallest absolute Gasteiger partial charge is 0.343 e. The number of carbonyl (C=O) groups is 2. The lowest BCUT2D eigenvalue weighted by atomic mass is 10.1. The molecule has 1 aliphatic heterocycles. The maximum absolute atomic E-state index is 12.5. The van der Waals surface area contributed by atoms with E-state index in [0.29, 0.717) is 44.0 Å². The van der Waals surface area contributed by atoms with Gasteiger partial charge in [-0.15, -0.1) is 0 Å². The van der Waals surface area contributed by atoms with Crippen LogP contribution in [-0.2, 0) is 16.4 Å². The summed E-state index contributed by atoms with van der Waals surface area (Å²) in [5.74, 6) is 0.430. The molecule has 0 bridgehead atoms. The van der Waals surface area contributed by atoms with Crippen molar-refractivity contribution in [2.75, 3.05) is 26.2 Å². The summed E-state index contributed by atoms with van der Waals surface area (Å²) in [6, 6.07) is 12.4. The Morgan fingerprint density at radius 3 is 2.45 bits per heavy atom. The SMILES string of the molecule is CCOc1cccc(C(=O)NCCc2ccc(S(=O)(=O)NC(=O)NN3CCCCC3)cc2)c1. The molecule has 1 fully saturated rings. The minimum absolute atomic E-state index is 0.00295. The van der Waals surface area contributed by atoms with Crippen LogP contribution in [0.4, 0.5) is 4.79 Å². The monoisotopic (exact) mass is 474 g/mol. The van der Waals surface area contributed by atoms with E-state index in [1.54, 1.807) is 41.4 Å². The average molecular weight is 475 g/mol. The summed E-state index contributed by atoms with van der Waals surface area (Å²) < 4.78 is 32.4. The zero-order chi connectivity index (χ0) is 23.7. The van der Waals surface area contributed by atoms with Gasteiger partial charge < -0.3 is 10.1 Å². The van der Waals surface area contributed by atoms with Crippen LogP contribution >= 0.6 is 0 Å². The molecule has 3 rings (SSSR count). The summed E-state index contributed by atoms with van der Waals surface area (Å²) in [5, 5.41) is 4.56. The van der Waals surface area contributed by atoms with Crippen LogP contribution in [0, 0.1) is 0 Å². The molecule has 0 atom stereocenters. The van der Waals surface area contributed by atoms with Gasteiger partial charge in [0.1, 0.15) is 5.75 Å². The van der Waals surface area contributed by atoms with Crippen molar-refractivity contribution in [2.24, 2.45) is 0 Å². The normalized spacial score (nSPS) is 14.3. The van der Waals surface area contributed by atoms with E-state index >= 15 is 0 Å². The highest BCUT2D eigenvalue weighted by atomic mass is 32.2. The van der Waals surface area contributed by atoms with Crippen LogP contribution in [0.25, 0.3) is 0 Å². The number of urea groups is 1. The van der Waals surface area contributed by atoms with E-state index in [4.69, 9.17) is 4.74 Å². The number of rotatable bonds is 9. The Kier molecular flexibility index (Phi) is 8.67. The highest BCUT2D eigenvalue weighted by Crippen LogP contribution is 2.14. The molecule has 0 spiro atoms. The van der Waals surface area contributed by atoms with Crippen molar-refractivity contribution in [2.45, 2.75) is 37.5 Å². The second kappa shape index (κ2) is 11.7. The van der Waals surface area contributed by atoms with E-state index in [-0.39, 0.29) is 10.8 Å². The second-order valence-electron chi connectivity index (χ2n) is 7.70. The van der Waals surface area contributed by atoms with Crippen molar-refractivity contribution in [1.82, 2.24) is 20.5 Å². The molecule has 3 amide bonds. The van der Waals surface area contributed by atoms with Crippen LogP contribution < -0.4 is 20.2 Å². The fourth-order valence-corrected chi connectivity index (χ4v) is 4.41. The minimum Gasteiger partial charge on any atom is -0.494 e. The highest BCUT2D eigenvalue weighted by Gasteiger charge is 2.20. The molecule has 1 heterocycles. The van der Waals surface area contributed by atoms with E-state index in [1.807, 2.05) is 11.6 Å². The Morgan fingerprint density at radius 2 is 1.76 bits per heavy atom. The Labute approximate surface area is 194 Å². The predicted molar refractivity (Wildman–Crippen MR) is 124 cm³/mol.